The lowest BCUT2D eigenvalue weighted by molar-refractivity contribution is 0.379. The molecule has 0 aliphatic carbocycles. The molecule has 13 heavy (non-hydrogen) atoms. The summed E-state index contributed by atoms with van der Waals surface area (Å²) in [5, 5.41) is 0. The monoisotopic (exact) mass is 293 g/mol. The third-order valence-corrected chi connectivity index (χ3v) is 2.39. The van der Waals surface area contributed by atoms with E-state index in [4.69, 9.17) is 0 Å². The van der Waals surface area contributed by atoms with Crippen molar-refractivity contribution in [3.8, 4) is 0 Å². The van der Waals surface area contributed by atoms with Gasteiger partial charge in [-0.2, -0.15) is 0 Å². The molecule has 1 aromatic heterocycles. The molecular weight excluding hydrogens is 281 g/mol. The fraction of sp³-hybridized carbons (Fsp3) is 0.500. The van der Waals surface area contributed by atoms with Crippen LogP contribution >= 0.6 is 22.6 Å². The SMILES string of the molecule is CN(C)CCn1cncc(I)c1=O. The van der Waals surface area contributed by atoms with E-state index in [2.05, 4.69) is 4.98 Å². The molecule has 5 heteroatoms. The second-order valence-corrected chi connectivity index (χ2v) is 4.21. The minimum absolute atomic E-state index is 0.0393. The Hall–Kier alpha value is -0.430. The molecule has 0 bridgehead atoms. The molecule has 0 aliphatic heterocycles. The highest BCUT2D eigenvalue weighted by Crippen LogP contribution is 1.92. The van der Waals surface area contributed by atoms with E-state index >= 15 is 0 Å². The Morgan fingerprint density at radius 1 is 1.62 bits per heavy atom. The summed E-state index contributed by atoms with van der Waals surface area (Å²) >= 11 is 2.00. The van der Waals surface area contributed by atoms with Crippen LogP contribution in [-0.4, -0.2) is 35.1 Å². The van der Waals surface area contributed by atoms with Gasteiger partial charge in [0, 0.05) is 19.3 Å². The van der Waals surface area contributed by atoms with Crippen molar-refractivity contribution in [2.24, 2.45) is 0 Å². The standard InChI is InChI=1S/C8H12IN3O/c1-11(2)3-4-12-6-10-5-7(9)8(12)13/h5-6H,3-4H2,1-2H3. The summed E-state index contributed by atoms with van der Waals surface area (Å²) in [7, 11) is 3.96. The van der Waals surface area contributed by atoms with Crippen LogP contribution in [0.15, 0.2) is 17.3 Å². The fourth-order valence-corrected chi connectivity index (χ4v) is 1.36. The highest BCUT2D eigenvalue weighted by atomic mass is 127. The van der Waals surface area contributed by atoms with Crippen molar-refractivity contribution in [1.29, 1.82) is 0 Å². The smallest absolute Gasteiger partial charge is 0.266 e. The van der Waals surface area contributed by atoms with Crippen LogP contribution in [0, 0.1) is 3.57 Å². The van der Waals surface area contributed by atoms with Gasteiger partial charge < -0.3 is 4.90 Å². The molecule has 0 spiro atoms. The van der Waals surface area contributed by atoms with Gasteiger partial charge in [0.2, 0.25) is 0 Å². The molecule has 0 aromatic carbocycles. The van der Waals surface area contributed by atoms with Crippen molar-refractivity contribution >= 4 is 22.6 Å². The number of nitrogens with zero attached hydrogens (tertiary/aromatic N) is 3. The summed E-state index contributed by atoms with van der Waals surface area (Å²) in [5.41, 5.74) is 0.0393. The Labute approximate surface area is 90.7 Å². The van der Waals surface area contributed by atoms with Gasteiger partial charge in [0.05, 0.1) is 9.90 Å². The first-order valence-corrected chi connectivity index (χ1v) is 5.04. The Morgan fingerprint density at radius 3 is 2.92 bits per heavy atom. The van der Waals surface area contributed by atoms with E-state index in [9.17, 15) is 4.79 Å². The Bertz CT molecular complexity index is 334. The van der Waals surface area contributed by atoms with Gasteiger partial charge in [0.1, 0.15) is 0 Å². The maximum Gasteiger partial charge on any atom is 0.266 e. The number of rotatable bonds is 3. The average Bonchev–Trinajstić information content (AvgIpc) is 2.07. The van der Waals surface area contributed by atoms with Crippen LogP contribution in [0.25, 0.3) is 0 Å². The van der Waals surface area contributed by atoms with Crippen LogP contribution in [0.3, 0.4) is 0 Å². The summed E-state index contributed by atoms with van der Waals surface area (Å²) in [6.07, 6.45) is 3.16. The second-order valence-electron chi connectivity index (χ2n) is 3.04. The molecule has 0 saturated heterocycles. The third kappa shape index (κ3) is 3.07. The Morgan fingerprint density at radius 2 is 2.31 bits per heavy atom. The Balaban J connectivity index is 2.78. The zero-order chi connectivity index (χ0) is 9.84. The first-order valence-electron chi connectivity index (χ1n) is 3.96. The summed E-state index contributed by atoms with van der Waals surface area (Å²) in [6.45, 7) is 1.54. The van der Waals surface area contributed by atoms with Gasteiger partial charge in [-0.15, -0.1) is 0 Å². The molecule has 4 nitrogen and oxygen atoms in total. The van der Waals surface area contributed by atoms with E-state index in [1.165, 1.54) is 0 Å². The number of hydrogen-bond donors (Lipinski definition) is 0. The van der Waals surface area contributed by atoms with Crippen molar-refractivity contribution in [2.75, 3.05) is 20.6 Å². The second kappa shape index (κ2) is 4.71. The fourth-order valence-electron chi connectivity index (χ4n) is 0.891. The maximum atomic E-state index is 11.5. The van der Waals surface area contributed by atoms with Gasteiger partial charge in [0.15, 0.2) is 0 Å². The van der Waals surface area contributed by atoms with E-state index in [1.54, 1.807) is 17.1 Å². The van der Waals surface area contributed by atoms with Gasteiger partial charge in [-0.25, -0.2) is 4.98 Å². The molecule has 1 heterocycles. The lowest BCUT2D eigenvalue weighted by Crippen LogP contribution is -2.27. The summed E-state index contributed by atoms with van der Waals surface area (Å²) in [6, 6.07) is 0. The van der Waals surface area contributed by atoms with E-state index < -0.39 is 0 Å². The molecule has 0 fully saturated rings. The minimum Gasteiger partial charge on any atom is -0.308 e. The van der Waals surface area contributed by atoms with E-state index in [0.29, 0.717) is 10.1 Å². The van der Waals surface area contributed by atoms with Crippen LogP contribution in [-0.2, 0) is 6.54 Å². The van der Waals surface area contributed by atoms with Gasteiger partial charge in [-0.3, -0.25) is 9.36 Å². The highest BCUT2D eigenvalue weighted by Gasteiger charge is 2.00. The van der Waals surface area contributed by atoms with Gasteiger partial charge in [-0.1, -0.05) is 0 Å². The van der Waals surface area contributed by atoms with E-state index in [-0.39, 0.29) is 5.56 Å². The van der Waals surface area contributed by atoms with Crippen LogP contribution < -0.4 is 5.56 Å². The molecule has 0 amide bonds. The van der Waals surface area contributed by atoms with Crippen LogP contribution in [0.4, 0.5) is 0 Å². The zero-order valence-corrected chi connectivity index (χ0v) is 9.85. The van der Waals surface area contributed by atoms with Crippen molar-refractivity contribution in [3.63, 3.8) is 0 Å². The number of halogens is 1. The van der Waals surface area contributed by atoms with Crippen molar-refractivity contribution in [3.05, 3.63) is 26.4 Å². The molecule has 0 atom stereocenters. The topological polar surface area (TPSA) is 38.1 Å². The highest BCUT2D eigenvalue weighted by molar-refractivity contribution is 14.1. The first-order chi connectivity index (χ1) is 6.11. The lowest BCUT2D eigenvalue weighted by Gasteiger charge is -2.10. The first kappa shape index (κ1) is 10.6. The molecule has 0 radical (unpaired) electrons. The average molecular weight is 293 g/mol. The predicted octanol–water partition coefficient (Wildman–Crippen LogP) is 0.409. The van der Waals surface area contributed by atoms with Crippen molar-refractivity contribution < 1.29 is 0 Å². The minimum atomic E-state index is 0.0393. The Kier molecular flexibility index (Phi) is 3.86. The van der Waals surface area contributed by atoms with Crippen molar-refractivity contribution in [1.82, 2.24) is 14.5 Å². The molecule has 0 saturated carbocycles. The summed E-state index contributed by atoms with van der Waals surface area (Å²) in [5.74, 6) is 0. The third-order valence-electron chi connectivity index (χ3n) is 1.65. The largest absolute Gasteiger partial charge is 0.308 e. The number of likely N-dealkylation sites (N-methyl/N-ethyl adjacent to an activating group) is 1. The molecule has 1 rings (SSSR count). The summed E-state index contributed by atoms with van der Waals surface area (Å²) in [4.78, 5) is 17.5. The van der Waals surface area contributed by atoms with Gasteiger partial charge in [-0.05, 0) is 36.7 Å². The van der Waals surface area contributed by atoms with E-state index in [1.807, 2.05) is 41.6 Å². The van der Waals surface area contributed by atoms with Crippen LogP contribution in [0.2, 0.25) is 0 Å². The predicted molar refractivity (Wildman–Crippen MR) is 59.8 cm³/mol. The zero-order valence-electron chi connectivity index (χ0n) is 7.70. The number of hydrogen-bond acceptors (Lipinski definition) is 3. The van der Waals surface area contributed by atoms with Crippen molar-refractivity contribution in [2.45, 2.75) is 6.54 Å². The quantitative estimate of drug-likeness (QED) is 0.758. The van der Waals surface area contributed by atoms with Crippen LogP contribution in [0.1, 0.15) is 0 Å². The van der Waals surface area contributed by atoms with Gasteiger partial charge in [0.25, 0.3) is 5.56 Å². The van der Waals surface area contributed by atoms with E-state index in [0.717, 1.165) is 6.54 Å². The normalized spacial score (nSPS) is 10.8. The molecule has 1 aromatic rings. The van der Waals surface area contributed by atoms with Crippen LogP contribution in [0.5, 0.6) is 0 Å². The lowest BCUT2D eigenvalue weighted by atomic mass is 10.5. The molecule has 0 N–H and O–H groups in total. The molecule has 0 aliphatic rings. The number of aromatic nitrogens is 2. The molecule has 72 valence electrons. The summed E-state index contributed by atoms with van der Waals surface area (Å²) < 4.78 is 2.29. The molecule has 0 unspecified atom stereocenters. The maximum absolute atomic E-state index is 11.5. The molecular formula is C8H12IN3O. The van der Waals surface area contributed by atoms with Gasteiger partial charge >= 0.3 is 0 Å².